The van der Waals surface area contributed by atoms with E-state index in [1.165, 1.54) is 4.88 Å². The lowest BCUT2D eigenvalue weighted by molar-refractivity contribution is 0.197. The van der Waals surface area contributed by atoms with E-state index in [4.69, 9.17) is 10.8 Å². The van der Waals surface area contributed by atoms with Crippen molar-refractivity contribution in [1.29, 1.82) is 0 Å². The highest BCUT2D eigenvalue weighted by Crippen LogP contribution is 2.37. The SMILES string of the molecule is NC1(CO)CCc2sccc21. The molecule has 3 N–H and O–H groups in total. The number of nitrogens with two attached hydrogens (primary N) is 1. The second kappa shape index (κ2) is 2.30. The standard InChI is InChI=1S/C8H11NOS/c9-8(5-10)3-1-7-6(8)2-4-11-7/h2,4,10H,1,3,5,9H2. The predicted octanol–water partition coefficient (Wildman–Crippen LogP) is 0.841. The van der Waals surface area contributed by atoms with Crippen LogP contribution in [0.3, 0.4) is 0 Å². The zero-order valence-electron chi connectivity index (χ0n) is 6.21. The molecule has 0 saturated carbocycles. The van der Waals surface area contributed by atoms with Gasteiger partial charge in [0.25, 0.3) is 0 Å². The molecule has 1 unspecified atom stereocenters. The van der Waals surface area contributed by atoms with Gasteiger partial charge in [-0.25, -0.2) is 0 Å². The van der Waals surface area contributed by atoms with Gasteiger partial charge in [0, 0.05) is 4.88 Å². The Hall–Kier alpha value is -0.380. The molecule has 2 rings (SSSR count). The molecule has 0 aliphatic heterocycles. The lowest BCUT2D eigenvalue weighted by Gasteiger charge is -2.20. The van der Waals surface area contributed by atoms with E-state index in [2.05, 4.69) is 0 Å². The van der Waals surface area contributed by atoms with E-state index in [0.717, 1.165) is 18.4 Å². The zero-order chi connectivity index (χ0) is 7.90. The lowest BCUT2D eigenvalue weighted by atomic mass is 9.96. The average Bonchev–Trinajstić information content (AvgIpc) is 2.55. The molecular weight excluding hydrogens is 158 g/mol. The molecule has 1 atom stereocenters. The third-order valence-electron chi connectivity index (χ3n) is 2.36. The molecule has 1 aliphatic rings. The lowest BCUT2D eigenvalue weighted by Crippen LogP contribution is -2.37. The van der Waals surface area contributed by atoms with Crippen LogP contribution in [0, 0.1) is 0 Å². The van der Waals surface area contributed by atoms with E-state index in [9.17, 15) is 0 Å². The molecule has 0 fully saturated rings. The van der Waals surface area contributed by atoms with E-state index in [1.54, 1.807) is 11.3 Å². The highest BCUT2D eigenvalue weighted by Gasteiger charge is 2.34. The number of hydrogen-bond donors (Lipinski definition) is 2. The van der Waals surface area contributed by atoms with Crippen molar-refractivity contribution >= 4 is 11.3 Å². The van der Waals surface area contributed by atoms with Gasteiger partial charge in [-0.1, -0.05) is 0 Å². The van der Waals surface area contributed by atoms with Gasteiger partial charge < -0.3 is 10.8 Å². The quantitative estimate of drug-likeness (QED) is 0.654. The van der Waals surface area contributed by atoms with Crippen LogP contribution in [-0.2, 0) is 12.0 Å². The molecule has 3 heteroatoms. The molecule has 60 valence electrons. The molecule has 11 heavy (non-hydrogen) atoms. The Morgan fingerprint density at radius 2 is 2.55 bits per heavy atom. The largest absolute Gasteiger partial charge is 0.394 e. The maximum Gasteiger partial charge on any atom is 0.0658 e. The summed E-state index contributed by atoms with van der Waals surface area (Å²) in [6.45, 7) is 0.0662. The maximum atomic E-state index is 9.07. The van der Waals surface area contributed by atoms with Crippen LogP contribution in [0.2, 0.25) is 0 Å². The fourth-order valence-corrected chi connectivity index (χ4v) is 2.60. The fourth-order valence-electron chi connectivity index (χ4n) is 1.61. The Morgan fingerprint density at radius 3 is 3.27 bits per heavy atom. The Bertz CT molecular complexity index is 271. The van der Waals surface area contributed by atoms with Crippen LogP contribution in [0.15, 0.2) is 11.4 Å². The van der Waals surface area contributed by atoms with Crippen molar-refractivity contribution in [3.05, 3.63) is 21.9 Å². The molecule has 0 spiro atoms. The van der Waals surface area contributed by atoms with Crippen LogP contribution in [0.1, 0.15) is 16.9 Å². The molecule has 0 radical (unpaired) electrons. The first-order chi connectivity index (χ1) is 5.26. The third-order valence-corrected chi connectivity index (χ3v) is 3.34. The number of thiophene rings is 1. The van der Waals surface area contributed by atoms with Gasteiger partial charge in [0.15, 0.2) is 0 Å². The summed E-state index contributed by atoms with van der Waals surface area (Å²) in [5.41, 5.74) is 6.69. The highest BCUT2D eigenvalue weighted by atomic mass is 32.1. The number of aliphatic hydroxyl groups excluding tert-OH is 1. The number of aliphatic hydroxyl groups is 1. The Morgan fingerprint density at radius 1 is 1.73 bits per heavy atom. The summed E-state index contributed by atoms with van der Waals surface area (Å²) in [6.07, 6.45) is 1.93. The van der Waals surface area contributed by atoms with Crippen molar-refractivity contribution in [1.82, 2.24) is 0 Å². The van der Waals surface area contributed by atoms with Gasteiger partial charge in [-0.3, -0.25) is 0 Å². The van der Waals surface area contributed by atoms with Crippen molar-refractivity contribution in [3.63, 3.8) is 0 Å². The zero-order valence-corrected chi connectivity index (χ0v) is 7.03. The minimum atomic E-state index is -0.435. The molecule has 1 aliphatic carbocycles. The fraction of sp³-hybridized carbons (Fsp3) is 0.500. The molecule has 0 bridgehead atoms. The molecule has 1 aromatic heterocycles. The highest BCUT2D eigenvalue weighted by molar-refractivity contribution is 7.10. The van der Waals surface area contributed by atoms with E-state index >= 15 is 0 Å². The molecule has 0 aromatic carbocycles. The molecule has 2 nitrogen and oxygen atoms in total. The second-order valence-electron chi connectivity index (χ2n) is 3.07. The average molecular weight is 169 g/mol. The summed E-state index contributed by atoms with van der Waals surface area (Å²) < 4.78 is 0. The monoisotopic (exact) mass is 169 g/mol. The summed E-state index contributed by atoms with van der Waals surface area (Å²) in [7, 11) is 0. The smallest absolute Gasteiger partial charge is 0.0658 e. The predicted molar refractivity (Wildman–Crippen MR) is 45.6 cm³/mol. The first-order valence-electron chi connectivity index (χ1n) is 3.73. The van der Waals surface area contributed by atoms with Gasteiger partial charge in [-0.15, -0.1) is 11.3 Å². The van der Waals surface area contributed by atoms with Gasteiger partial charge in [0.1, 0.15) is 0 Å². The summed E-state index contributed by atoms with van der Waals surface area (Å²) in [5.74, 6) is 0. The van der Waals surface area contributed by atoms with Gasteiger partial charge in [0.05, 0.1) is 12.1 Å². The number of rotatable bonds is 1. The summed E-state index contributed by atoms with van der Waals surface area (Å²) in [4.78, 5) is 1.35. The van der Waals surface area contributed by atoms with Gasteiger partial charge in [0.2, 0.25) is 0 Å². The summed E-state index contributed by atoms with van der Waals surface area (Å²) >= 11 is 1.74. The normalized spacial score (nSPS) is 28.9. The maximum absolute atomic E-state index is 9.07. The number of hydrogen-bond acceptors (Lipinski definition) is 3. The van der Waals surface area contributed by atoms with E-state index in [0.29, 0.717) is 0 Å². The van der Waals surface area contributed by atoms with Crippen LogP contribution < -0.4 is 5.73 Å². The molecule has 1 aromatic rings. The summed E-state index contributed by atoms with van der Waals surface area (Å²) in [5, 5.41) is 11.1. The van der Waals surface area contributed by atoms with Crippen molar-refractivity contribution in [2.75, 3.05) is 6.61 Å². The van der Waals surface area contributed by atoms with Crippen molar-refractivity contribution in [2.24, 2.45) is 5.73 Å². The Balaban J connectivity index is 2.45. The second-order valence-corrected chi connectivity index (χ2v) is 4.07. The van der Waals surface area contributed by atoms with Crippen LogP contribution in [0.25, 0.3) is 0 Å². The topological polar surface area (TPSA) is 46.2 Å². The minimum Gasteiger partial charge on any atom is -0.394 e. The van der Waals surface area contributed by atoms with Gasteiger partial charge in [-0.2, -0.15) is 0 Å². The van der Waals surface area contributed by atoms with Crippen LogP contribution in [-0.4, -0.2) is 11.7 Å². The molecule has 0 amide bonds. The van der Waals surface area contributed by atoms with Crippen LogP contribution >= 0.6 is 11.3 Å². The molecular formula is C8H11NOS. The minimum absolute atomic E-state index is 0.0662. The van der Waals surface area contributed by atoms with E-state index in [1.807, 2.05) is 11.4 Å². The summed E-state index contributed by atoms with van der Waals surface area (Å²) in [6, 6.07) is 2.03. The molecule has 1 heterocycles. The Labute approximate surface area is 69.7 Å². The number of aryl methyl sites for hydroxylation is 1. The van der Waals surface area contributed by atoms with Gasteiger partial charge in [-0.05, 0) is 29.9 Å². The Kier molecular flexibility index (Phi) is 1.52. The van der Waals surface area contributed by atoms with Gasteiger partial charge >= 0.3 is 0 Å². The third kappa shape index (κ3) is 0.922. The van der Waals surface area contributed by atoms with Crippen molar-refractivity contribution in [3.8, 4) is 0 Å². The van der Waals surface area contributed by atoms with E-state index < -0.39 is 5.54 Å². The van der Waals surface area contributed by atoms with Crippen LogP contribution in [0.5, 0.6) is 0 Å². The first-order valence-corrected chi connectivity index (χ1v) is 4.61. The van der Waals surface area contributed by atoms with Crippen molar-refractivity contribution < 1.29 is 5.11 Å². The van der Waals surface area contributed by atoms with E-state index in [-0.39, 0.29) is 6.61 Å². The number of fused-ring (bicyclic) bond motifs is 1. The molecule has 0 saturated heterocycles. The first kappa shape index (κ1) is 7.28. The van der Waals surface area contributed by atoms with Crippen LogP contribution in [0.4, 0.5) is 0 Å². The van der Waals surface area contributed by atoms with Crippen molar-refractivity contribution in [2.45, 2.75) is 18.4 Å².